The number of ether oxygens (including phenoxy) is 1. The van der Waals surface area contributed by atoms with Gasteiger partial charge in [0, 0.05) is 43.1 Å². The molecule has 3 atom stereocenters. The minimum absolute atomic E-state index is 0.209. The maximum absolute atomic E-state index is 10.9. The molecule has 1 aliphatic heterocycles. The van der Waals surface area contributed by atoms with Gasteiger partial charge in [0.15, 0.2) is 0 Å². The number of nitrogens with zero attached hydrogens (tertiary/aromatic N) is 2. The van der Waals surface area contributed by atoms with Crippen molar-refractivity contribution in [1.82, 2.24) is 4.90 Å². The summed E-state index contributed by atoms with van der Waals surface area (Å²) >= 11 is 0. The summed E-state index contributed by atoms with van der Waals surface area (Å²) in [5.74, 6) is 0.634. The molecule has 3 rings (SSSR count). The molecule has 162 valence electrons. The van der Waals surface area contributed by atoms with E-state index in [1.165, 1.54) is 11.3 Å². The minimum atomic E-state index is -0.607. The molecule has 1 heterocycles. The van der Waals surface area contributed by atoms with Crippen LogP contribution in [0.4, 0.5) is 16.2 Å². The highest BCUT2D eigenvalue weighted by Crippen LogP contribution is 2.23. The van der Waals surface area contributed by atoms with Crippen molar-refractivity contribution >= 4 is 17.4 Å². The summed E-state index contributed by atoms with van der Waals surface area (Å²) in [6, 6.07) is 15.6. The van der Waals surface area contributed by atoms with E-state index in [9.17, 15) is 9.90 Å². The van der Waals surface area contributed by atoms with Crippen LogP contribution in [-0.4, -0.2) is 60.5 Å². The van der Waals surface area contributed by atoms with Crippen molar-refractivity contribution < 1.29 is 14.6 Å². The van der Waals surface area contributed by atoms with E-state index in [0.717, 1.165) is 13.1 Å². The number of piperazine rings is 1. The molecule has 0 aliphatic carbocycles. The third-order valence-corrected chi connectivity index (χ3v) is 5.49. The van der Waals surface area contributed by atoms with Crippen molar-refractivity contribution in [3.63, 3.8) is 0 Å². The highest BCUT2D eigenvalue weighted by Gasteiger charge is 2.30. The Morgan fingerprint density at radius 3 is 2.30 bits per heavy atom. The van der Waals surface area contributed by atoms with Crippen LogP contribution in [0, 0.1) is 6.92 Å². The van der Waals surface area contributed by atoms with E-state index in [-0.39, 0.29) is 6.61 Å². The summed E-state index contributed by atoms with van der Waals surface area (Å²) in [6.45, 7) is 9.13. The summed E-state index contributed by atoms with van der Waals surface area (Å²) in [6.07, 6.45) is -0.593. The molecule has 7 nitrogen and oxygen atoms in total. The number of carbonyl (C=O) groups is 1. The van der Waals surface area contributed by atoms with Crippen LogP contribution in [0.3, 0.4) is 0 Å². The molecule has 0 spiro atoms. The van der Waals surface area contributed by atoms with Gasteiger partial charge < -0.3 is 25.8 Å². The molecular formula is C23H32N4O3. The van der Waals surface area contributed by atoms with Gasteiger partial charge in [-0.05, 0) is 57.2 Å². The number of nitrogens with one attached hydrogen (secondary N) is 1. The number of β-amino-alcohol motifs (C(OH)–C–C–N with tert-alkyl or cyclic N) is 1. The lowest BCUT2D eigenvalue weighted by Gasteiger charge is -2.46. The van der Waals surface area contributed by atoms with Crippen LogP contribution in [0.1, 0.15) is 19.4 Å². The van der Waals surface area contributed by atoms with E-state index in [0.29, 0.717) is 30.1 Å². The van der Waals surface area contributed by atoms with Crippen molar-refractivity contribution in [2.75, 3.05) is 36.5 Å². The van der Waals surface area contributed by atoms with Crippen LogP contribution in [0.2, 0.25) is 0 Å². The molecular weight excluding hydrogens is 380 g/mol. The predicted octanol–water partition coefficient (Wildman–Crippen LogP) is 2.82. The summed E-state index contributed by atoms with van der Waals surface area (Å²) in [4.78, 5) is 15.6. The molecule has 0 aromatic heterocycles. The maximum Gasteiger partial charge on any atom is 0.316 e. The Balaban J connectivity index is 1.49. The van der Waals surface area contributed by atoms with Gasteiger partial charge in [0.25, 0.3) is 0 Å². The number of rotatable bonds is 7. The molecule has 1 aliphatic rings. The molecule has 0 bridgehead atoms. The number of amides is 2. The third-order valence-electron chi connectivity index (χ3n) is 5.49. The first kappa shape index (κ1) is 21.9. The topological polar surface area (TPSA) is 91.1 Å². The first-order chi connectivity index (χ1) is 14.3. The van der Waals surface area contributed by atoms with Gasteiger partial charge in [-0.1, -0.05) is 17.7 Å². The van der Waals surface area contributed by atoms with Gasteiger partial charge in [0.05, 0.1) is 0 Å². The smallest absolute Gasteiger partial charge is 0.316 e. The largest absolute Gasteiger partial charge is 0.491 e. The monoisotopic (exact) mass is 412 g/mol. The number of benzene rings is 2. The molecule has 3 unspecified atom stereocenters. The number of hydrogen-bond donors (Lipinski definition) is 3. The zero-order valence-electron chi connectivity index (χ0n) is 17.9. The number of anilines is 2. The Hall–Kier alpha value is -2.77. The average Bonchev–Trinajstić information content (AvgIpc) is 2.70. The summed E-state index contributed by atoms with van der Waals surface area (Å²) in [7, 11) is 0. The van der Waals surface area contributed by atoms with Gasteiger partial charge in [-0.3, -0.25) is 4.90 Å². The Labute approximate surface area is 178 Å². The van der Waals surface area contributed by atoms with Crippen LogP contribution in [0.5, 0.6) is 5.75 Å². The average molecular weight is 413 g/mol. The number of hydrogen-bond acceptors (Lipinski definition) is 5. The summed E-state index contributed by atoms with van der Waals surface area (Å²) in [5.41, 5.74) is 8.21. The number of urea groups is 1. The molecule has 0 saturated carbocycles. The Bertz CT molecular complexity index is 813. The van der Waals surface area contributed by atoms with E-state index in [1.807, 2.05) is 0 Å². The van der Waals surface area contributed by atoms with Crippen LogP contribution >= 0.6 is 0 Å². The first-order valence-corrected chi connectivity index (χ1v) is 10.4. The standard InChI is InChI=1S/C23H32N4O3/c1-16-4-8-20(9-5-16)26-12-17(2)27(18(3)13-26)14-21(28)15-30-22-10-6-19(7-11-22)25-23(24)29/h4-11,17-18,21,28H,12-15H2,1-3H3,(H3,24,25,29). The zero-order chi connectivity index (χ0) is 21.7. The molecule has 0 radical (unpaired) electrons. The third kappa shape index (κ3) is 5.87. The first-order valence-electron chi connectivity index (χ1n) is 10.4. The van der Waals surface area contributed by atoms with E-state index in [4.69, 9.17) is 10.5 Å². The molecule has 30 heavy (non-hydrogen) atoms. The second kappa shape index (κ2) is 9.82. The molecule has 7 heteroatoms. The number of carbonyl (C=O) groups excluding carboxylic acids is 1. The van der Waals surface area contributed by atoms with Crippen LogP contribution in [0.25, 0.3) is 0 Å². The van der Waals surface area contributed by atoms with Crippen LogP contribution in [0.15, 0.2) is 48.5 Å². The fourth-order valence-corrected chi connectivity index (χ4v) is 3.95. The molecule has 2 aromatic rings. The lowest BCUT2D eigenvalue weighted by atomic mass is 10.1. The Kier molecular flexibility index (Phi) is 7.18. The fourth-order valence-electron chi connectivity index (χ4n) is 3.95. The lowest BCUT2D eigenvalue weighted by molar-refractivity contribution is 0.0318. The van der Waals surface area contributed by atoms with Gasteiger partial charge in [0.1, 0.15) is 18.5 Å². The van der Waals surface area contributed by atoms with Crippen molar-refractivity contribution in [1.29, 1.82) is 0 Å². The number of aliphatic hydroxyl groups excluding tert-OH is 1. The van der Waals surface area contributed by atoms with Gasteiger partial charge in [-0.2, -0.15) is 0 Å². The molecule has 4 N–H and O–H groups in total. The van der Waals surface area contributed by atoms with Crippen molar-refractivity contribution in [3.8, 4) is 5.75 Å². The van der Waals surface area contributed by atoms with E-state index >= 15 is 0 Å². The quantitative estimate of drug-likeness (QED) is 0.651. The maximum atomic E-state index is 10.9. The van der Waals surface area contributed by atoms with E-state index < -0.39 is 12.1 Å². The van der Waals surface area contributed by atoms with Gasteiger partial charge >= 0.3 is 6.03 Å². The van der Waals surface area contributed by atoms with Crippen LogP contribution < -0.4 is 20.7 Å². The van der Waals surface area contributed by atoms with Gasteiger partial charge in [-0.15, -0.1) is 0 Å². The fraction of sp³-hybridized carbons (Fsp3) is 0.435. The highest BCUT2D eigenvalue weighted by atomic mass is 16.5. The molecule has 1 saturated heterocycles. The second-order valence-corrected chi connectivity index (χ2v) is 8.11. The number of aryl methyl sites for hydroxylation is 1. The van der Waals surface area contributed by atoms with Crippen molar-refractivity contribution in [2.24, 2.45) is 5.73 Å². The van der Waals surface area contributed by atoms with Crippen molar-refractivity contribution in [3.05, 3.63) is 54.1 Å². The number of aliphatic hydroxyl groups is 1. The zero-order valence-corrected chi connectivity index (χ0v) is 17.9. The number of primary amides is 1. The Morgan fingerprint density at radius 2 is 1.73 bits per heavy atom. The molecule has 2 amide bonds. The van der Waals surface area contributed by atoms with Gasteiger partial charge in [-0.25, -0.2) is 4.79 Å². The van der Waals surface area contributed by atoms with Crippen LogP contribution in [-0.2, 0) is 0 Å². The van der Waals surface area contributed by atoms with E-state index in [1.54, 1.807) is 24.3 Å². The normalized spacial score (nSPS) is 20.6. The Morgan fingerprint density at radius 1 is 1.13 bits per heavy atom. The highest BCUT2D eigenvalue weighted by molar-refractivity contribution is 5.87. The predicted molar refractivity (Wildman–Crippen MR) is 120 cm³/mol. The summed E-state index contributed by atoms with van der Waals surface area (Å²) in [5, 5.41) is 13.0. The van der Waals surface area contributed by atoms with Crippen molar-refractivity contribution in [2.45, 2.75) is 39.0 Å². The molecule has 2 aromatic carbocycles. The molecule has 1 fully saturated rings. The lowest BCUT2D eigenvalue weighted by Crippen LogP contribution is -2.58. The minimum Gasteiger partial charge on any atom is -0.491 e. The van der Waals surface area contributed by atoms with Gasteiger partial charge in [0.2, 0.25) is 0 Å². The SMILES string of the molecule is Cc1ccc(N2CC(C)N(CC(O)COc3ccc(NC(N)=O)cc3)C(C)C2)cc1. The second-order valence-electron chi connectivity index (χ2n) is 8.11. The summed E-state index contributed by atoms with van der Waals surface area (Å²) < 4.78 is 5.71. The number of nitrogens with two attached hydrogens (primary N) is 1. The van der Waals surface area contributed by atoms with E-state index in [2.05, 4.69) is 60.2 Å².